The van der Waals surface area contributed by atoms with Crippen LogP contribution in [0.15, 0.2) is 182 Å². The van der Waals surface area contributed by atoms with Crippen molar-refractivity contribution in [3.05, 3.63) is 199 Å². The fourth-order valence-corrected chi connectivity index (χ4v) is 9.10. The van der Waals surface area contributed by atoms with Crippen molar-refractivity contribution in [1.29, 1.82) is 0 Å². The molecule has 0 radical (unpaired) electrons. The third kappa shape index (κ3) is 5.51. The molecule has 10 rings (SSSR count). The number of rotatable bonds is 5. The van der Waals surface area contributed by atoms with Gasteiger partial charge in [-0.05, 0) is 126 Å². The SMILES string of the molecule is Cc1cc(C)c(-c2cccc3c(-c4c5ccccc5c(-c5ccc(-c6cccnc6-c6ccc7ccccc7c6)cc5)c5ccccc45)cccc23)c(C)c1. The first-order valence-corrected chi connectivity index (χ1v) is 19.1. The Morgan fingerprint density at radius 2 is 0.818 bits per heavy atom. The molecule has 9 aromatic carbocycles. The summed E-state index contributed by atoms with van der Waals surface area (Å²) in [6.07, 6.45) is 1.89. The Kier molecular flexibility index (Phi) is 7.89. The second-order valence-electron chi connectivity index (χ2n) is 14.9. The highest BCUT2D eigenvalue weighted by molar-refractivity contribution is 6.24. The van der Waals surface area contributed by atoms with Crippen LogP contribution < -0.4 is 0 Å². The van der Waals surface area contributed by atoms with Crippen molar-refractivity contribution in [1.82, 2.24) is 4.98 Å². The average Bonchev–Trinajstić information content (AvgIpc) is 3.22. The zero-order chi connectivity index (χ0) is 37.0. The zero-order valence-electron chi connectivity index (χ0n) is 31.3. The maximum atomic E-state index is 4.89. The monoisotopic (exact) mass is 701 g/mol. The van der Waals surface area contributed by atoms with E-state index in [-0.39, 0.29) is 0 Å². The van der Waals surface area contributed by atoms with Crippen molar-refractivity contribution in [3.63, 3.8) is 0 Å². The molecule has 0 aliphatic heterocycles. The molecule has 55 heavy (non-hydrogen) atoms. The molecule has 0 bridgehead atoms. The Bertz CT molecular complexity index is 3030. The summed E-state index contributed by atoms with van der Waals surface area (Å²) in [5.41, 5.74) is 15.9. The maximum absolute atomic E-state index is 4.89. The minimum absolute atomic E-state index is 0.993. The van der Waals surface area contributed by atoms with Crippen LogP contribution in [0.4, 0.5) is 0 Å². The average molecular weight is 702 g/mol. The highest BCUT2D eigenvalue weighted by Gasteiger charge is 2.20. The molecule has 1 heteroatoms. The summed E-state index contributed by atoms with van der Waals surface area (Å²) < 4.78 is 0. The number of fused-ring (bicyclic) bond motifs is 4. The van der Waals surface area contributed by atoms with E-state index in [0.717, 1.165) is 22.4 Å². The van der Waals surface area contributed by atoms with Crippen molar-refractivity contribution in [3.8, 4) is 55.8 Å². The first-order chi connectivity index (χ1) is 27.0. The Hall–Kier alpha value is -6.83. The molecule has 0 unspecified atom stereocenters. The van der Waals surface area contributed by atoms with E-state index in [1.165, 1.54) is 93.2 Å². The minimum Gasteiger partial charge on any atom is -0.256 e. The molecule has 0 fully saturated rings. The van der Waals surface area contributed by atoms with E-state index >= 15 is 0 Å². The van der Waals surface area contributed by atoms with E-state index in [4.69, 9.17) is 4.98 Å². The molecule has 0 N–H and O–H groups in total. The van der Waals surface area contributed by atoms with Crippen molar-refractivity contribution in [2.45, 2.75) is 20.8 Å². The Morgan fingerprint density at radius 3 is 1.45 bits per heavy atom. The van der Waals surface area contributed by atoms with Gasteiger partial charge in [-0.3, -0.25) is 4.98 Å². The van der Waals surface area contributed by atoms with Gasteiger partial charge in [-0.2, -0.15) is 0 Å². The lowest BCUT2D eigenvalue weighted by molar-refractivity contribution is 1.32. The lowest BCUT2D eigenvalue weighted by Gasteiger charge is -2.20. The van der Waals surface area contributed by atoms with Crippen molar-refractivity contribution in [2.75, 3.05) is 0 Å². The zero-order valence-corrected chi connectivity index (χ0v) is 31.3. The fourth-order valence-electron chi connectivity index (χ4n) is 9.10. The summed E-state index contributed by atoms with van der Waals surface area (Å²) in [4.78, 5) is 4.89. The van der Waals surface area contributed by atoms with Gasteiger partial charge in [0.1, 0.15) is 0 Å². The van der Waals surface area contributed by atoms with Crippen LogP contribution in [0, 0.1) is 20.8 Å². The van der Waals surface area contributed by atoms with Gasteiger partial charge < -0.3 is 0 Å². The van der Waals surface area contributed by atoms with Gasteiger partial charge in [0.2, 0.25) is 0 Å². The number of pyridine rings is 1. The minimum atomic E-state index is 0.993. The van der Waals surface area contributed by atoms with E-state index in [1.54, 1.807) is 0 Å². The second-order valence-corrected chi connectivity index (χ2v) is 14.9. The first-order valence-electron chi connectivity index (χ1n) is 19.1. The van der Waals surface area contributed by atoms with Crippen molar-refractivity contribution >= 4 is 43.1 Å². The quantitative estimate of drug-likeness (QED) is 0.163. The summed E-state index contributed by atoms with van der Waals surface area (Å²) in [7, 11) is 0. The Labute approximate surface area is 322 Å². The lowest BCUT2D eigenvalue weighted by Crippen LogP contribution is -1.94. The molecule has 0 amide bonds. The number of aryl methyl sites for hydroxylation is 3. The Balaban J connectivity index is 1.14. The van der Waals surface area contributed by atoms with Gasteiger partial charge in [-0.25, -0.2) is 0 Å². The molecular weight excluding hydrogens is 663 g/mol. The van der Waals surface area contributed by atoms with Crippen LogP contribution in [-0.2, 0) is 0 Å². The summed E-state index contributed by atoms with van der Waals surface area (Å²) >= 11 is 0. The number of hydrogen-bond donors (Lipinski definition) is 0. The number of nitrogens with zero attached hydrogens (tertiary/aromatic N) is 1. The van der Waals surface area contributed by atoms with Crippen molar-refractivity contribution in [2.24, 2.45) is 0 Å². The van der Waals surface area contributed by atoms with Gasteiger partial charge in [0.25, 0.3) is 0 Å². The number of aromatic nitrogens is 1. The van der Waals surface area contributed by atoms with Gasteiger partial charge in [0.15, 0.2) is 0 Å². The third-order valence-electron chi connectivity index (χ3n) is 11.4. The maximum Gasteiger partial charge on any atom is 0.0780 e. The van der Waals surface area contributed by atoms with Gasteiger partial charge in [0.05, 0.1) is 5.69 Å². The van der Waals surface area contributed by atoms with E-state index in [9.17, 15) is 0 Å². The predicted octanol–water partition coefficient (Wildman–Crippen LogP) is 15.0. The molecule has 0 spiro atoms. The molecule has 0 atom stereocenters. The van der Waals surface area contributed by atoms with Crippen molar-refractivity contribution < 1.29 is 0 Å². The molecule has 1 nitrogen and oxygen atoms in total. The molecule has 1 aromatic heterocycles. The first kappa shape index (κ1) is 32.8. The van der Waals surface area contributed by atoms with E-state index in [0.29, 0.717) is 0 Å². The molecule has 1 heterocycles. The van der Waals surface area contributed by atoms with E-state index in [2.05, 4.69) is 191 Å². The van der Waals surface area contributed by atoms with E-state index < -0.39 is 0 Å². The van der Waals surface area contributed by atoms with E-state index in [1.807, 2.05) is 12.3 Å². The topological polar surface area (TPSA) is 12.9 Å². The smallest absolute Gasteiger partial charge is 0.0780 e. The molecular formula is C54H39N. The largest absolute Gasteiger partial charge is 0.256 e. The van der Waals surface area contributed by atoms with Gasteiger partial charge in [-0.15, -0.1) is 0 Å². The standard InChI is InChI=1S/C54H39N/c1-34-31-35(2)51(36(3)32-34)45-21-10-20-44-43(45)19-11-22-46(44)53-49-17-8-6-15-47(49)52(48-16-7-9-18-50(48)53)39-27-25-38(26-28-39)42-23-12-30-55-54(42)41-29-24-37-13-4-5-14-40(37)33-41/h4-33H,1-3H3. The van der Waals surface area contributed by atoms with Crippen LogP contribution in [0.25, 0.3) is 98.9 Å². The summed E-state index contributed by atoms with van der Waals surface area (Å²) in [6, 6.07) is 64.6. The van der Waals surface area contributed by atoms with Crippen LogP contribution in [-0.4, -0.2) is 4.98 Å². The second kappa shape index (κ2) is 13.2. The van der Waals surface area contributed by atoms with Gasteiger partial charge in [0, 0.05) is 17.3 Å². The van der Waals surface area contributed by atoms with Crippen LogP contribution >= 0.6 is 0 Å². The number of benzene rings is 9. The Morgan fingerprint density at radius 1 is 0.327 bits per heavy atom. The van der Waals surface area contributed by atoms with Crippen LogP contribution in [0.3, 0.4) is 0 Å². The van der Waals surface area contributed by atoms with Gasteiger partial charge >= 0.3 is 0 Å². The molecule has 0 saturated heterocycles. The normalized spacial score (nSPS) is 11.5. The van der Waals surface area contributed by atoms with Crippen LogP contribution in [0.2, 0.25) is 0 Å². The lowest BCUT2D eigenvalue weighted by atomic mass is 9.83. The number of hydrogen-bond acceptors (Lipinski definition) is 1. The molecule has 0 saturated carbocycles. The van der Waals surface area contributed by atoms with Crippen LogP contribution in [0.5, 0.6) is 0 Å². The highest BCUT2D eigenvalue weighted by Crippen LogP contribution is 2.47. The summed E-state index contributed by atoms with van der Waals surface area (Å²) in [5.74, 6) is 0. The molecule has 0 aliphatic carbocycles. The van der Waals surface area contributed by atoms with Crippen LogP contribution in [0.1, 0.15) is 16.7 Å². The highest BCUT2D eigenvalue weighted by atomic mass is 14.7. The molecule has 10 aromatic rings. The summed E-state index contributed by atoms with van der Waals surface area (Å²) in [6.45, 7) is 6.67. The molecule has 0 aliphatic rings. The third-order valence-corrected chi connectivity index (χ3v) is 11.4. The molecule has 260 valence electrons. The van der Waals surface area contributed by atoms with Gasteiger partial charge in [-0.1, -0.05) is 169 Å². The summed E-state index contributed by atoms with van der Waals surface area (Å²) in [5, 5.41) is 10.0. The predicted molar refractivity (Wildman–Crippen MR) is 236 cm³/mol. The fraction of sp³-hybridized carbons (Fsp3) is 0.0556.